The Kier molecular flexibility index (Phi) is 5.67. The van der Waals surface area contributed by atoms with Gasteiger partial charge in [0.2, 0.25) is 0 Å². The minimum absolute atomic E-state index is 0.123. The Morgan fingerprint density at radius 3 is 2.52 bits per heavy atom. The van der Waals surface area contributed by atoms with Gasteiger partial charge in [-0.05, 0) is 55.3 Å². The Morgan fingerprint density at radius 2 is 1.72 bits per heavy atom. The largest absolute Gasteiger partial charge is 0.491 e. The Morgan fingerprint density at radius 1 is 0.960 bits per heavy atom. The first-order chi connectivity index (χ1) is 12.1. The number of halogens is 1. The summed E-state index contributed by atoms with van der Waals surface area (Å²) in [6.07, 6.45) is 0.788. The third-order valence-corrected chi connectivity index (χ3v) is 4.19. The highest BCUT2D eigenvalue weighted by Crippen LogP contribution is 2.28. The molecule has 0 bridgehead atoms. The molecule has 0 fully saturated rings. The zero-order valence-corrected chi connectivity index (χ0v) is 14.8. The fourth-order valence-corrected chi connectivity index (χ4v) is 3.00. The van der Waals surface area contributed by atoms with Gasteiger partial charge in [-0.3, -0.25) is 0 Å². The Bertz CT molecular complexity index is 844. The van der Waals surface area contributed by atoms with Gasteiger partial charge in [0.1, 0.15) is 11.6 Å². The molecule has 3 rings (SSSR count). The fourth-order valence-electron chi connectivity index (χ4n) is 3.00. The minimum atomic E-state index is -0.140. The van der Waals surface area contributed by atoms with Crippen LogP contribution in [0.2, 0.25) is 0 Å². The summed E-state index contributed by atoms with van der Waals surface area (Å²) in [5.74, 6) is 0.769. The molecule has 0 unspecified atom stereocenters. The van der Waals surface area contributed by atoms with E-state index in [-0.39, 0.29) is 11.9 Å². The fraction of sp³-hybridized carbons (Fsp3) is 0.273. The molecule has 0 radical (unpaired) electrons. The molecule has 0 spiro atoms. The Hall–Kier alpha value is -2.39. The number of rotatable bonds is 7. The zero-order valence-electron chi connectivity index (χ0n) is 14.8. The molecule has 0 aliphatic rings. The lowest BCUT2D eigenvalue weighted by Crippen LogP contribution is -2.18. The van der Waals surface area contributed by atoms with E-state index in [1.165, 1.54) is 16.8 Å². The number of nitrogens with one attached hydrogen (secondary N) is 1. The SMILES string of the molecule is CC(C)Oc1ccc2ccccc2c1CNCCc1ccccc1F. The van der Waals surface area contributed by atoms with Gasteiger partial charge in [-0.25, -0.2) is 4.39 Å². The van der Waals surface area contributed by atoms with E-state index in [0.717, 1.165) is 16.9 Å². The van der Waals surface area contributed by atoms with Crippen LogP contribution < -0.4 is 10.1 Å². The third-order valence-electron chi connectivity index (χ3n) is 4.19. The molecule has 1 N–H and O–H groups in total. The molecule has 3 heteroatoms. The van der Waals surface area contributed by atoms with Crippen molar-refractivity contribution in [3.63, 3.8) is 0 Å². The van der Waals surface area contributed by atoms with E-state index in [2.05, 4.69) is 23.5 Å². The van der Waals surface area contributed by atoms with Crippen molar-refractivity contribution in [2.24, 2.45) is 0 Å². The molecule has 0 heterocycles. The first kappa shape index (κ1) is 17.4. The summed E-state index contributed by atoms with van der Waals surface area (Å²) < 4.78 is 19.7. The average molecular weight is 337 g/mol. The van der Waals surface area contributed by atoms with Crippen LogP contribution in [0.25, 0.3) is 10.8 Å². The molecule has 0 aliphatic heterocycles. The van der Waals surface area contributed by atoms with Gasteiger partial charge < -0.3 is 10.1 Å². The van der Waals surface area contributed by atoms with Crippen molar-refractivity contribution in [2.45, 2.75) is 32.9 Å². The summed E-state index contributed by atoms with van der Waals surface area (Å²) in [5.41, 5.74) is 1.90. The normalized spacial score (nSPS) is 11.2. The van der Waals surface area contributed by atoms with E-state index in [1.807, 2.05) is 44.2 Å². The standard InChI is InChI=1S/C22H24FNO/c1-16(2)25-22-12-11-17-7-3-5-9-19(17)20(22)15-24-14-13-18-8-4-6-10-21(18)23/h3-12,16,24H,13-15H2,1-2H3. The monoisotopic (exact) mass is 337 g/mol. The van der Waals surface area contributed by atoms with Crippen LogP contribution in [-0.2, 0) is 13.0 Å². The highest BCUT2D eigenvalue weighted by atomic mass is 19.1. The van der Waals surface area contributed by atoms with Crippen molar-refractivity contribution in [2.75, 3.05) is 6.54 Å². The van der Waals surface area contributed by atoms with Crippen molar-refractivity contribution in [3.8, 4) is 5.75 Å². The lowest BCUT2D eigenvalue weighted by molar-refractivity contribution is 0.240. The van der Waals surface area contributed by atoms with Crippen LogP contribution in [0.3, 0.4) is 0 Å². The average Bonchev–Trinajstić information content (AvgIpc) is 2.61. The van der Waals surface area contributed by atoms with Crippen molar-refractivity contribution < 1.29 is 9.13 Å². The second-order valence-electron chi connectivity index (χ2n) is 6.45. The molecule has 0 saturated heterocycles. The maximum Gasteiger partial charge on any atom is 0.126 e. The molecule has 25 heavy (non-hydrogen) atoms. The summed E-state index contributed by atoms with van der Waals surface area (Å²) in [4.78, 5) is 0. The predicted molar refractivity (Wildman–Crippen MR) is 102 cm³/mol. The van der Waals surface area contributed by atoms with Crippen molar-refractivity contribution in [1.29, 1.82) is 0 Å². The van der Waals surface area contributed by atoms with Crippen LogP contribution in [0, 0.1) is 5.82 Å². The van der Waals surface area contributed by atoms with Gasteiger partial charge in [0.15, 0.2) is 0 Å². The summed E-state index contributed by atoms with van der Waals surface area (Å²) >= 11 is 0. The molecule has 0 amide bonds. The van der Waals surface area contributed by atoms with Gasteiger partial charge in [-0.2, -0.15) is 0 Å². The Balaban J connectivity index is 1.74. The molecular formula is C22H24FNO. The van der Waals surface area contributed by atoms with Crippen molar-refractivity contribution in [3.05, 3.63) is 77.6 Å². The van der Waals surface area contributed by atoms with E-state index in [1.54, 1.807) is 6.07 Å². The van der Waals surface area contributed by atoms with Gasteiger partial charge in [0.25, 0.3) is 0 Å². The molecule has 3 aromatic carbocycles. The van der Waals surface area contributed by atoms with Gasteiger partial charge >= 0.3 is 0 Å². The second-order valence-corrected chi connectivity index (χ2v) is 6.45. The van der Waals surface area contributed by atoms with E-state index in [9.17, 15) is 4.39 Å². The molecule has 0 aliphatic carbocycles. The predicted octanol–water partition coefficient (Wildman–Crippen LogP) is 5.10. The highest BCUT2D eigenvalue weighted by molar-refractivity contribution is 5.87. The smallest absolute Gasteiger partial charge is 0.126 e. The van der Waals surface area contributed by atoms with E-state index < -0.39 is 0 Å². The molecule has 0 atom stereocenters. The van der Waals surface area contributed by atoms with Crippen molar-refractivity contribution in [1.82, 2.24) is 5.32 Å². The van der Waals surface area contributed by atoms with E-state index in [4.69, 9.17) is 4.74 Å². The quantitative estimate of drug-likeness (QED) is 0.606. The third kappa shape index (κ3) is 4.37. The van der Waals surface area contributed by atoms with Crippen LogP contribution in [0.15, 0.2) is 60.7 Å². The lowest BCUT2D eigenvalue weighted by Gasteiger charge is -2.17. The molecule has 2 nitrogen and oxygen atoms in total. The van der Waals surface area contributed by atoms with Gasteiger partial charge in [-0.15, -0.1) is 0 Å². The van der Waals surface area contributed by atoms with Gasteiger partial charge in [-0.1, -0.05) is 48.5 Å². The zero-order chi connectivity index (χ0) is 17.6. The van der Waals surface area contributed by atoms with Gasteiger partial charge in [0, 0.05) is 12.1 Å². The maximum atomic E-state index is 13.7. The molecular weight excluding hydrogens is 313 g/mol. The topological polar surface area (TPSA) is 21.3 Å². The van der Waals surface area contributed by atoms with Crippen LogP contribution in [0.1, 0.15) is 25.0 Å². The van der Waals surface area contributed by atoms with Crippen LogP contribution in [0.5, 0.6) is 5.75 Å². The lowest BCUT2D eigenvalue weighted by atomic mass is 10.0. The summed E-state index contributed by atoms with van der Waals surface area (Å²) in [5, 5.41) is 5.83. The molecule has 3 aromatic rings. The number of hydrogen-bond acceptors (Lipinski definition) is 2. The summed E-state index contributed by atoms with van der Waals surface area (Å²) in [6.45, 7) is 5.47. The van der Waals surface area contributed by atoms with Gasteiger partial charge in [0.05, 0.1) is 6.10 Å². The number of fused-ring (bicyclic) bond motifs is 1. The number of ether oxygens (including phenoxy) is 1. The van der Waals surface area contributed by atoms with E-state index in [0.29, 0.717) is 19.5 Å². The number of benzene rings is 3. The van der Waals surface area contributed by atoms with Crippen LogP contribution in [0.4, 0.5) is 4.39 Å². The van der Waals surface area contributed by atoms with Crippen LogP contribution in [-0.4, -0.2) is 12.6 Å². The Labute approximate surface area is 148 Å². The number of hydrogen-bond donors (Lipinski definition) is 1. The summed E-state index contributed by atoms with van der Waals surface area (Å²) in [6, 6.07) is 19.4. The maximum absolute atomic E-state index is 13.7. The molecule has 130 valence electrons. The van der Waals surface area contributed by atoms with Crippen LogP contribution >= 0.6 is 0 Å². The summed E-state index contributed by atoms with van der Waals surface area (Å²) in [7, 11) is 0. The first-order valence-corrected chi connectivity index (χ1v) is 8.76. The molecule has 0 saturated carbocycles. The second kappa shape index (κ2) is 8.13. The highest BCUT2D eigenvalue weighted by Gasteiger charge is 2.10. The minimum Gasteiger partial charge on any atom is -0.491 e. The van der Waals surface area contributed by atoms with Crippen molar-refractivity contribution >= 4 is 10.8 Å². The first-order valence-electron chi connectivity index (χ1n) is 8.76. The molecule has 0 aromatic heterocycles. The van der Waals surface area contributed by atoms with E-state index >= 15 is 0 Å².